The van der Waals surface area contributed by atoms with Crippen molar-refractivity contribution in [1.29, 1.82) is 0 Å². The monoisotopic (exact) mass is 365 g/mol. The Morgan fingerprint density at radius 3 is 2.64 bits per heavy atom. The summed E-state index contributed by atoms with van der Waals surface area (Å²) in [6.07, 6.45) is 0. The van der Waals surface area contributed by atoms with Gasteiger partial charge in [-0.3, -0.25) is 0 Å². The molecule has 2 aromatic heterocycles. The Morgan fingerprint density at radius 1 is 1.16 bits per heavy atom. The number of benzene rings is 1. The van der Waals surface area contributed by atoms with E-state index in [0.717, 1.165) is 0 Å². The van der Waals surface area contributed by atoms with Crippen molar-refractivity contribution in [2.75, 3.05) is 18.9 Å². The molecule has 3 aromatic rings. The van der Waals surface area contributed by atoms with Crippen LogP contribution in [0, 0.1) is 5.82 Å². The Hall–Kier alpha value is -2.59. The van der Waals surface area contributed by atoms with Crippen LogP contribution in [0.3, 0.4) is 0 Å². The quantitative estimate of drug-likeness (QED) is 0.633. The first-order chi connectivity index (χ1) is 12.0. The minimum atomic E-state index is -3.25. The molecule has 0 atom stereocenters. The van der Waals surface area contributed by atoms with Crippen molar-refractivity contribution in [1.82, 2.24) is 24.5 Å². The number of halogens is 1. The number of hydrogen-bond donors (Lipinski definition) is 1. The highest BCUT2D eigenvalue weighted by Crippen LogP contribution is 2.19. The molecule has 3 rings (SSSR count). The molecule has 2 heterocycles. The number of fused-ring (bicyclic) bond motifs is 1. The van der Waals surface area contributed by atoms with Crippen LogP contribution in [0.4, 0.5) is 4.39 Å². The number of nitrogens with one attached hydrogen (secondary N) is 1. The first-order valence-corrected chi connectivity index (χ1v) is 9.22. The summed E-state index contributed by atoms with van der Waals surface area (Å²) in [5, 5.41) is 12.4. The summed E-state index contributed by atoms with van der Waals surface area (Å²) in [5.74, 6) is 0.418. The summed E-state index contributed by atoms with van der Waals surface area (Å²) < 4.78 is 45.1. The lowest BCUT2D eigenvalue weighted by molar-refractivity contribution is 0.306. The zero-order chi connectivity index (χ0) is 17.9. The van der Waals surface area contributed by atoms with Gasteiger partial charge in [-0.15, -0.1) is 15.3 Å². The van der Waals surface area contributed by atoms with Crippen LogP contribution in [-0.4, -0.2) is 47.1 Å². The fourth-order valence-corrected chi connectivity index (χ4v) is 2.68. The summed E-state index contributed by atoms with van der Waals surface area (Å²) in [4.78, 5) is 0. The van der Waals surface area contributed by atoms with E-state index in [1.165, 1.54) is 16.6 Å². The van der Waals surface area contributed by atoms with Gasteiger partial charge < -0.3 is 4.74 Å². The second-order valence-corrected chi connectivity index (χ2v) is 7.21. The molecule has 0 spiro atoms. The molecule has 0 saturated carbocycles. The summed E-state index contributed by atoms with van der Waals surface area (Å²) in [5.41, 5.74) is 1.17. The second kappa shape index (κ2) is 7.11. The standard InChI is InChI=1S/C15H16FN5O3S/c1-2-25(22,23)17-9-10-24-14-8-7-13-18-19-15(21(13)20-14)11-3-5-12(16)6-4-11/h3-8,17H,2,9-10H2,1H3. The molecule has 25 heavy (non-hydrogen) atoms. The number of ether oxygens (including phenoxy) is 1. The van der Waals surface area contributed by atoms with E-state index in [4.69, 9.17) is 4.74 Å². The third-order valence-electron chi connectivity index (χ3n) is 3.39. The van der Waals surface area contributed by atoms with E-state index >= 15 is 0 Å². The predicted molar refractivity (Wildman–Crippen MR) is 89.1 cm³/mol. The van der Waals surface area contributed by atoms with Gasteiger partial charge in [-0.2, -0.15) is 4.52 Å². The van der Waals surface area contributed by atoms with Gasteiger partial charge in [-0.05, 0) is 37.3 Å². The molecule has 132 valence electrons. The SMILES string of the molecule is CCS(=O)(=O)NCCOc1ccc2nnc(-c3ccc(F)cc3)n2n1. The molecule has 1 N–H and O–H groups in total. The maximum atomic E-state index is 13.1. The van der Waals surface area contributed by atoms with E-state index in [2.05, 4.69) is 20.0 Å². The lowest BCUT2D eigenvalue weighted by Gasteiger charge is -2.07. The highest BCUT2D eigenvalue weighted by atomic mass is 32.2. The molecular weight excluding hydrogens is 349 g/mol. The molecular formula is C15H16FN5O3S. The topological polar surface area (TPSA) is 98.5 Å². The highest BCUT2D eigenvalue weighted by molar-refractivity contribution is 7.89. The third-order valence-corrected chi connectivity index (χ3v) is 4.80. The smallest absolute Gasteiger partial charge is 0.231 e. The molecule has 8 nitrogen and oxygen atoms in total. The molecule has 10 heteroatoms. The molecule has 0 saturated heterocycles. The van der Waals surface area contributed by atoms with Gasteiger partial charge in [0.2, 0.25) is 15.9 Å². The van der Waals surface area contributed by atoms with E-state index in [9.17, 15) is 12.8 Å². The number of sulfonamides is 1. The number of aromatic nitrogens is 4. The van der Waals surface area contributed by atoms with Gasteiger partial charge in [0.05, 0.1) is 5.75 Å². The summed E-state index contributed by atoms with van der Waals surface area (Å²) in [7, 11) is -3.25. The first-order valence-electron chi connectivity index (χ1n) is 7.57. The van der Waals surface area contributed by atoms with Crippen molar-refractivity contribution in [3.63, 3.8) is 0 Å². The molecule has 0 aliphatic heterocycles. The van der Waals surface area contributed by atoms with Gasteiger partial charge in [0.15, 0.2) is 11.5 Å². The van der Waals surface area contributed by atoms with Gasteiger partial charge >= 0.3 is 0 Å². The Kier molecular flexibility index (Phi) is 4.91. The molecule has 0 bridgehead atoms. The van der Waals surface area contributed by atoms with Crippen molar-refractivity contribution < 1.29 is 17.5 Å². The molecule has 0 aliphatic carbocycles. The van der Waals surface area contributed by atoms with Gasteiger partial charge in [-0.25, -0.2) is 17.5 Å². The maximum Gasteiger partial charge on any atom is 0.231 e. The van der Waals surface area contributed by atoms with Crippen molar-refractivity contribution in [2.45, 2.75) is 6.92 Å². The first kappa shape index (κ1) is 17.2. The second-order valence-electron chi connectivity index (χ2n) is 5.12. The van der Waals surface area contributed by atoms with E-state index in [1.54, 1.807) is 31.2 Å². The third kappa shape index (κ3) is 4.09. The Bertz CT molecular complexity index is 973. The van der Waals surface area contributed by atoms with Crippen LogP contribution in [0.2, 0.25) is 0 Å². The number of nitrogens with zero attached hydrogens (tertiary/aromatic N) is 4. The average Bonchev–Trinajstić information content (AvgIpc) is 3.03. The molecule has 0 aliphatic rings. The number of rotatable bonds is 7. The van der Waals surface area contributed by atoms with Crippen molar-refractivity contribution in [3.05, 3.63) is 42.2 Å². The van der Waals surface area contributed by atoms with Crippen molar-refractivity contribution in [3.8, 4) is 17.3 Å². The normalized spacial score (nSPS) is 11.8. The van der Waals surface area contributed by atoms with Gasteiger partial charge in [0.25, 0.3) is 0 Å². The van der Waals surface area contributed by atoms with Gasteiger partial charge in [-0.1, -0.05) is 0 Å². The van der Waals surface area contributed by atoms with E-state index in [-0.39, 0.29) is 24.7 Å². The minimum Gasteiger partial charge on any atom is -0.475 e. The largest absolute Gasteiger partial charge is 0.475 e. The minimum absolute atomic E-state index is 0.0128. The van der Waals surface area contributed by atoms with Gasteiger partial charge in [0, 0.05) is 18.2 Å². The van der Waals surface area contributed by atoms with Crippen LogP contribution < -0.4 is 9.46 Å². The van der Waals surface area contributed by atoms with Crippen molar-refractivity contribution >= 4 is 15.7 Å². The lowest BCUT2D eigenvalue weighted by Crippen LogP contribution is -2.29. The highest BCUT2D eigenvalue weighted by Gasteiger charge is 2.11. The maximum absolute atomic E-state index is 13.1. The molecule has 0 fully saturated rings. The Morgan fingerprint density at radius 2 is 1.92 bits per heavy atom. The predicted octanol–water partition coefficient (Wildman–Crippen LogP) is 1.25. The Balaban J connectivity index is 1.75. The molecule has 0 amide bonds. The van der Waals surface area contributed by atoms with Crippen LogP contribution in [0.1, 0.15) is 6.92 Å². The van der Waals surface area contributed by atoms with Gasteiger partial charge in [0.1, 0.15) is 12.4 Å². The Labute approximate surface area is 143 Å². The van der Waals surface area contributed by atoms with Crippen LogP contribution in [0.15, 0.2) is 36.4 Å². The zero-order valence-electron chi connectivity index (χ0n) is 13.4. The van der Waals surface area contributed by atoms with E-state index in [0.29, 0.717) is 22.9 Å². The molecule has 1 aromatic carbocycles. The van der Waals surface area contributed by atoms with E-state index in [1.807, 2.05) is 0 Å². The zero-order valence-corrected chi connectivity index (χ0v) is 14.2. The summed E-state index contributed by atoms with van der Waals surface area (Å²) >= 11 is 0. The average molecular weight is 365 g/mol. The van der Waals surface area contributed by atoms with Crippen LogP contribution >= 0.6 is 0 Å². The van der Waals surface area contributed by atoms with Crippen molar-refractivity contribution in [2.24, 2.45) is 0 Å². The summed E-state index contributed by atoms with van der Waals surface area (Å²) in [6, 6.07) is 9.12. The van der Waals surface area contributed by atoms with Crippen LogP contribution in [0.25, 0.3) is 17.0 Å². The number of hydrogen-bond acceptors (Lipinski definition) is 6. The summed E-state index contributed by atoms with van der Waals surface area (Å²) in [6.45, 7) is 1.83. The fourth-order valence-electron chi connectivity index (χ4n) is 2.08. The van der Waals surface area contributed by atoms with Crippen LogP contribution in [-0.2, 0) is 10.0 Å². The molecule has 0 radical (unpaired) electrons. The lowest BCUT2D eigenvalue weighted by atomic mass is 10.2. The molecule has 0 unspecified atom stereocenters. The van der Waals surface area contributed by atoms with Crippen LogP contribution in [0.5, 0.6) is 5.88 Å². The van der Waals surface area contributed by atoms with E-state index < -0.39 is 10.0 Å². The fraction of sp³-hybridized carbons (Fsp3) is 0.267.